The average molecular weight is 431 g/mol. The Kier molecular flexibility index (Phi) is 5.00. The third kappa shape index (κ3) is 4.08. The van der Waals surface area contributed by atoms with Crippen molar-refractivity contribution in [3.63, 3.8) is 0 Å². The second kappa shape index (κ2) is 7.23. The molecule has 4 rings (SSSR count). The lowest BCUT2D eigenvalue weighted by atomic mass is 9.88. The van der Waals surface area contributed by atoms with Gasteiger partial charge in [-0.2, -0.15) is 21.6 Å². The number of alkyl carbamates (subject to hydrolysis) is 1. The molecule has 2 fully saturated rings. The van der Waals surface area contributed by atoms with Gasteiger partial charge in [-0.3, -0.25) is 0 Å². The lowest BCUT2D eigenvalue weighted by Crippen LogP contribution is -2.25. The summed E-state index contributed by atoms with van der Waals surface area (Å²) in [6, 6.07) is 5.74. The van der Waals surface area contributed by atoms with E-state index in [1.165, 1.54) is 6.08 Å². The Labute approximate surface area is 166 Å². The molecule has 6 nitrogen and oxygen atoms in total. The van der Waals surface area contributed by atoms with Crippen molar-refractivity contribution in [2.45, 2.75) is 49.6 Å². The first-order valence-electron chi connectivity index (χ1n) is 9.41. The molecule has 1 N–H and O–H groups in total. The van der Waals surface area contributed by atoms with Crippen LogP contribution in [0.5, 0.6) is 0 Å². The highest BCUT2D eigenvalue weighted by atomic mass is 32.2. The summed E-state index contributed by atoms with van der Waals surface area (Å²) in [4.78, 5) is 11.2. The smallest absolute Gasteiger partial charge is 0.444 e. The summed E-state index contributed by atoms with van der Waals surface area (Å²) in [5.41, 5.74) is -2.68. The van der Waals surface area contributed by atoms with Gasteiger partial charge in [0, 0.05) is 6.42 Å². The van der Waals surface area contributed by atoms with Gasteiger partial charge in [0.05, 0.1) is 6.54 Å². The first-order chi connectivity index (χ1) is 13.6. The van der Waals surface area contributed by atoms with Gasteiger partial charge in [0.25, 0.3) is 0 Å². The molecule has 1 saturated heterocycles. The zero-order valence-corrected chi connectivity index (χ0v) is 16.2. The molecule has 3 aliphatic rings. The van der Waals surface area contributed by atoms with Gasteiger partial charge in [-0.1, -0.05) is 18.2 Å². The molecule has 0 radical (unpaired) electrons. The van der Waals surface area contributed by atoms with Gasteiger partial charge in [0.15, 0.2) is 0 Å². The Morgan fingerprint density at radius 3 is 2.66 bits per heavy atom. The quantitative estimate of drug-likeness (QED) is 0.579. The van der Waals surface area contributed by atoms with E-state index >= 15 is 0 Å². The molecule has 0 spiro atoms. The van der Waals surface area contributed by atoms with E-state index in [-0.39, 0.29) is 24.4 Å². The molecule has 1 aliphatic heterocycles. The number of allylic oxidation sites excluding steroid dienone is 1. The Balaban J connectivity index is 1.45. The number of hydrogen-bond acceptors (Lipinski definition) is 5. The van der Waals surface area contributed by atoms with Crippen LogP contribution < -0.4 is 5.32 Å². The lowest BCUT2D eigenvalue weighted by Gasteiger charge is -2.20. The van der Waals surface area contributed by atoms with Crippen LogP contribution in [0.25, 0.3) is 6.08 Å². The zero-order chi connectivity index (χ0) is 20.8. The van der Waals surface area contributed by atoms with E-state index in [9.17, 15) is 26.4 Å². The minimum Gasteiger partial charge on any atom is -0.444 e. The average Bonchev–Trinajstić information content (AvgIpc) is 3.29. The van der Waals surface area contributed by atoms with E-state index in [4.69, 9.17) is 4.74 Å². The molecule has 2 aliphatic carbocycles. The van der Waals surface area contributed by atoms with Gasteiger partial charge in [0.1, 0.15) is 11.9 Å². The number of halogens is 3. The number of carbonyl (C=O) groups excluding carboxylic acids is 1. The first kappa shape index (κ1) is 20.1. The van der Waals surface area contributed by atoms with Crippen molar-refractivity contribution in [2.75, 3.05) is 6.54 Å². The van der Waals surface area contributed by atoms with Crippen LogP contribution in [0.4, 0.5) is 18.0 Å². The van der Waals surface area contributed by atoms with Gasteiger partial charge >= 0.3 is 21.7 Å². The largest absolute Gasteiger partial charge is 0.534 e. The molecule has 1 saturated carbocycles. The number of hydrogen-bond donors (Lipinski definition) is 1. The highest BCUT2D eigenvalue weighted by Crippen LogP contribution is 2.42. The third-order valence-corrected chi connectivity index (χ3v) is 6.80. The maximum atomic E-state index is 12.5. The number of fused-ring (bicyclic) bond motifs is 1. The number of carbonyl (C=O) groups is 1. The Morgan fingerprint density at radius 2 is 1.97 bits per heavy atom. The molecule has 29 heavy (non-hydrogen) atoms. The molecular formula is C19H20F3NO5S. The summed E-state index contributed by atoms with van der Waals surface area (Å²) >= 11 is 0. The van der Waals surface area contributed by atoms with Crippen molar-refractivity contribution in [2.24, 2.45) is 5.92 Å². The van der Waals surface area contributed by atoms with Crippen molar-refractivity contribution in [1.29, 1.82) is 0 Å². The molecule has 1 amide bonds. The summed E-state index contributed by atoms with van der Waals surface area (Å²) in [6.45, 7) is 0.537. The SMILES string of the molecule is O=C1NCC([C@H]2CC[C@H](c3ccc4c(c3)CCC(OS(=O)(=O)C(F)(F)F)=C4)C2)O1. The third-order valence-electron chi connectivity index (χ3n) is 5.80. The molecular weight excluding hydrogens is 411 g/mol. The van der Waals surface area contributed by atoms with Crippen molar-refractivity contribution in [3.05, 3.63) is 40.6 Å². The Bertz CT molecular complexity index is 957. The number of cyclic esters (lactones) is 1. The Hall–Kier alpha value is -2.23. The maximum Gasteiger partial charge on any atom is 0.534 e. The standard InChI is InChI=1S/C19H20F3NO5S/c20-19(21,22)29(25,26)28-16-6-5-13-7-11(1-2-14(13)9-16)12-3-4-15(8-12)17-10-23-18(24)27-17/h1-2,7,9,12,15,17H,3-6,8,10H2,(H,23,24)/t12-,15-,17?/m0/s1. The van der Waals surface area contributed by atoms with Crippen LogP contribution in [-0.4, -0.2) is 32.7 Å². The van der Waals surface area contributed by atoms with E-state index in [0.717, 1.165) is 30.4 Å². The Morgan fingerprint density at radius 1 is 1.17 bits per heavy atom. The summed E-state index contributed by atoms with van der Waals surface area (Å²) in [5, 5.41) is 2.68. The summed E-state index contributed by atoms with van der Waals surface area (Å²) in [7, 11) is -5.65. The van der Waals surface area contributed by atoms with Gasteiger partial charge in [0.2, 0.25) is 0 Å². The fourth-order valence-corrected chi connectivity index (χ4v) is 4.83. The van der Waals surface area contributed by atoms with Crippen molar-refractivity contribution >= 4 is 22.3 Å². The van der Waals surface area contributed by atoms with Crippen LogP contribution in [0.1, 0.15) is 48.3 Å². The van der Waals surface area contributed by atoms with Crippen molar-refractivity contribution in [1.82, 2.24) is 5.32 Å². The van der Waals surface area contributed by atoms with Crippen LogP contribution in [0.15, 0.2) is 24.0 Å². The predicted octanol–water partition coefficient (Wildman–Crippen LogP) is 3.83. The molecule has 3 atom stereocenters. The molecule has 158 valence electrons. The highest BCUT2D eigenvalue weighted by Gasteiger charge is 2.49. The van der Waals surface area contributed by atoms with Crippen LogP contribution in [-0.2, 0) is 25.5 Å². The predicted molar refractivity (Wildman–Crippen MR) is 97.2 cm³/mol. The van der Waals surface area contributed by atoms with Crippen LogP contribution in [0.3, 0.4) is 0 Å². The van der Waals surface area contributed by atoms with Gasteiger partial charge < -0.3 is 14.2 Å². The second-order valence-corrected chi connectivity index (χ2v) is 9.18. The van der Waals surface area contributed by atoms with Crippen molar-refractivity contribution < 1.29 is 35.3 Å². The number of rotatable bonds is 4. The van der Waals surface area contributed by atoms with Crippen LogP contribution in [0.2, 0.25) is 0 Å². The van der Waals surface area contributed by atoms with Gasteiger partial charge in [-0.05, 0) is 60.3 Å². The monoisotopic (exact) mass is 431 g/mol. The number of nitrogens with one attached hydrogen (secondary N) is 1. The van der Waals surface area contributed by atoms with Gasteiger partial charge in [-0.15, -0.1) is 0 Å². The summed E-state index contributed by atoms with van der Waals surface area (Å²) in [6.07, 6.45) is 4.23. The summed E-state index contributed by atoms with van der Waals surface area (Å²) < 4.78 is 69.5. The van der Waals surface area contributed by atoms with E-state index < -0.39 is 15.6 Å². The fraction of sp³-hybridized carbons (Fsp3) is 0.526. The zero-order valence-electron chi connectivity index (χ0n) is 15.4. The molecule has 1 unspecified atom stereocenters. The first-order valence-corrected chi connectivity index (χ1v) is 10.8. The lowest BCUT2D eigenvalue weighted by molar-refractivity contribution is -0.0522. The fourth-order valence-electron chi connectivity index (χ4n) is 4.32. The molecule has 10 heteroatoms. The van der Waals surface area contributed by atoms with E-state index in [1.807, 2.05) is 12.1 Å². The van der Waals surface area contributed by atoms with Gasteiger partial charge in [-0.25, -0.2) is 4.79 Å². The number of benzene rings is 1. The number of aryl methyl sites for hydroxylation is 1. The minimum absolute atomic E-state index is 0.0861. The highest BCUT2D eigenvalue weighted by molar-refractivity contribution is 7.87. The molecule has 1 aromatic rings. The second-order valence-electron chi connectivity index (χ2n) is 7.65. The maximum absolute atomic E-state index is 12.5. The molecule has 1 heterocycles. The van der Waals surface area contributed by atoms with Crippen LogP contribution >= 0.6 is 0 Å². The number of alkyl halides is 3. The molecule has 1 aromatic carbocycles. The number of amides is 1. The molecule has 0 bridgehead atoms. The minimum atomic E-state index is -5.65. The van der Waals surface area contributed by atoms with E-state index in [2.05, 4.69) is 9.50 Å². The topological polar surface area (TPSA) is 81.7 Å². The number of ether oxygens (including phenoxy) is 1. The molecule has 0 aromatic heterocycles. The van der Waals surface area contributed by atoms with E-state index in [1.54, 1.807) is 6.07 Å². The van der Waals surface area contributed by atoms with Crippen LogP contribution in [0, 0.1) is 5.92 Å². The van der Waals surface area contributed by atoms with E-state index in [0.29, 0.717) is 30.4 Å². The van der Waals surface area contributed by atoms with Crippen molar-refractivity contribution in [3.8, 4) is 0 Å². The normalized spacial score (nSPS) is 27.1. The summed E-state index contributed by atoms with van der Waals surface area (Å²) in [5.74, 6) is 0.429.